The van der Waals surface area contributed by atoms with Gasteiger partial charge in [-0.15, -0.1) is 24.0 Å². The minimum absolute atomic E-state index is 0. The Bertz CT molecular complexity index is 855. The number of nitrogens with one attached hydrogen (secondary N) is 2. The quantitative estimate of drug-likeness (QED) is 0.336. The Balaban J connectivity index is 0.00000320. The second-order valence-electron chi connectivity index (χ2n) is 6.83. The average molecular weight is 538 g/mol. The lowest BCUT2D eigenvalue weighted by Gasteiger charge is -2.25. The first-order valence-electron chi connectivity index (χ1n) is 9.51. The largest absolute Gasteiger partial charge is 0.416 e. The summed E-state index contributed by atoms with van der Waals surface area (Å²) >= 11 is 0. The summed E-state index contributed by atoms with van der Waals surface area (Å²) in [5.41, 5.74) is -0.163. The highest BCUT2D eigenvalue weighted by Gasteiger charge is 2.30. The summed E-state index contributed by atoms with van der Waals surface area (Å²) in [5, 5.41) is 10.9. The molecule has 2 heterocycles. The zero-order valence-corrected chi connectivity index (χ0v) is 19.2. The van der Waals surface area contributed by atoms with Gasteiger partial charge in [-0.1, -0.05) is 12.1 Å². The van der Waals surface area contributed by atoms with Crippen molar-refractivity contribution in [1.29, 1.82) is 0 Å². The second kappa shape index (κ2) is 10.9. The number of nitrogens with zero attached hydrogens (tertiary/aromatic N) is 4. The Morgan fingerprint density at radius 3 is 2.87 bits per heavy atom. The van der Waals surface area contributed by atoms with Gasteiger partial charge in [0.15, 0.2) is 11.8 Å². The van der Waals surface area contributed by atoms with Gasteiger partial charge >= 0.3 is 6.18 Å². The molecule has 30 heavy (non-hydrogen) atoms. The molecule has 7 nitrogen and oxygen atoms in total. The van der Waals surface area contributed by atoms with Gasteiger partial charge in [-0.2, -0.15) is 18.3 Å². The third-order valence-electron chi connectivity index (χ3n) is 4.53. The van der Waals surface area contributed by atoms with E-state index in [1.807, 2.05) is 11.6 Å². The zero-order valence-electron chi connectivity index (χ0n) is 16.9. The number of rotatable bonds is 6. The number of halogens is 4. The maximum atomic E-state index is 12.9. The van der Waals surface area contributed by atoms with E-state index >= 15 is 0 Å². The van der Waals surface area contributed by atoms with Crippen LogP contribution in [-0.2, 0) is 37.0 Å². The molecule has 1 atom stereocenters. The van der Waals surface area contributed by atoms with Gasteiger partial charge in [0.25, 0.3) is 0 Å². The van der Waals surface area contributed by atoms with Gasteiger partial charge in [0.05, 0.1) is 18.7 Å². The van der Waals surface area contributed by atoms with Gasteiger partial charge in [-0.05, 0) is 31.0 Å². The van der Waals surface area contributed by atoms with E-state index in [0.29, 0.717) is 37.0 Å². The fourth-order valence-electron chi connectivity index (χ4n) is 3.20. The van der Waals surface area contributed by atoms with Crippen molar-refractivity contribution in [2.24, 2.45) is 4.99 Å². The SMILES string of the molecule is CCNC(=NCc1cccc(C(F)(F)F)c1)NC1CCc2nc(COC)nn2C1.I. The molecule has 1 aromatic heterocycles. The number of ether oxygens (including phenoxy) is 1. The van der Waals surface area contributed by atoms with Crippen LogP contribution in [0.2, 0.25) is 0 Å². The fourth-order valence-corrected chi connectivity index (χ4v) is 3.20. The first-order valence-corrected chi connectivity index (χ1v) is 9.51. The molecule has 0 aliphatic carbocycles. The molecule has 1 aromatic carbocycles. The number of guanidine groups is 1. The first kappa shape index (κ1) is 24.4. The number of alkyl halides is 3. The summed E-state index contributed by atoms with van der Waals surface area (Å²) < 4.78 is 45.6. The minimum Gasteiger partial charge on any atom is -0.377 e. The van der Waals surface area contributed by atoms with Crippen molar-refractivity contribution in [3.05, 3.63) is 47.0 Å². The highest BCUT2D eigenvalue weighted by Crippen LogP contribution is 2.29. The van der Waals surface area contributed by atoms with E-state index in [9.17, 15) is 13.2 Å². The van der Waals surface area contributed by atoms with E-state index in [1.165, 1.54) is 6.07 Å². The van der Waals surface area contributed by atoms with Crippen LogP contribution in [0.3, 0.4) is 0 Å². The normalized spacial score (nSPS) is 16.6. The maximum absolute atomic E-state index is 12.9. The van der Waals surface area contributed by atoms with Crippen LogP contribution in [0.25, 0.3) is 0 Å². The van der Waals surface area contributed by atoms with Gasteiger partial charge in [0, 0.05) is 26.1 Å². The van der Waals surface area contributed by atoms with Crippen LogP contribution in [-0.4, -0.2) is 40.4 Å². The maximum Gasteiger partial charge on any atom is 0.416 e. The van der Waals surface area contributed by atoms with Crippen molar-refractivity contribution < 1.29 is 17.9 Å². The Kier molecular flexibility index (Phi) is 8.89. The molecule has 0 fully saturated rings. The second-order valence-corrected chi connectivity index (χ2v) is 6.83. The van der Waals surface area contributed by atoms with Crippen LogP contribution in [0.15, 0.2) is 29.3 Å². The molecule has 0 bridgehead atoms. The average Bonchev–Trinajstić information content (AvgIpc) is 3.08. The molecule has 11 heteroatoms. The molecule has 2 aromatic rings. The molecule has 1 aliphatic heterocycles. The molecule has 0 radical (unpaired) electrons. The van der Waals surface area contributed by atoms with E-state index in [-0.39, 0.29) is 36.6 Å². The topological polar surface area (TPSA) is 76.4 Å². The van der Waals surface area contributed by atoms with Gasteiger partial charge in [-0.3, -0.25) is 0 Å². The van der Waals surface area contributed by atoms with E-state index in [1.54, 1.807) is 13.2 Å². The third-order valence-corrected chi connectivity index (χ3v) is 4.53. The van der Waals surface area contributed by atoms with Crippen molar-refractivity contribution in [1.82, 2.24) is 25.4 Å². The predicted octanol–water partition coefficient (Wildman–Crippen LogP) is 3.13. The summed E-state index contributed by atoms with van der Waals surface area (Å²) in [7, 11) is 1.61. The van der Waals surface area contributed by atoms with E-state index < -0.39 is 11.7 Å². The Hall–Kier alpha value is -1.89. The van der Waals surface area contributed by atoms with Crippen LogP contribution < -0.4 is 10.6 Å². The Labute approximate surface area is 190 Å². The number of fused-ring (bicyclic) bond motifs is 1. The van der Waals surface area contributed by atoms with E-state index in [4.69, 9.17) is 4.74 Å². The molecule has 0 spiro atoms. The fraction of sp³-hybridized carbons (Fsp3) is 0.526. The van der Waals surface area contributed by atoms with E-state index in [2.05, 4.69) is 25.7 Å². The summed E-state index contributed by atoms with van der Waals surface area (Å²) in [6.45, 7) is 3.75. The molecule has 1 aliphatic rings. The van der Waals surface area contributed by atoms with Gasteiger partial charge in [0.1, 0.15) is 12.4 Å². The standard InChI is InChI=1S/C19H25F3N6O.HI/c1-3-23-18(24-10-13-5-4-6-14(9-13)19(20,21)22)25-15-7-8-17-26-16(12-29-2)27-28(17)11-15;/h4-6,9,15H,3,7-8,10-12H2,1-2H3,(H2,23,24,25);1H. The molecule has 0 saturated carbocycles. The highest BCUT2D eigenvalue weighted by atomic mass is 127. The van der Waals surface area contributed by atoms with Crippen molar-refractivity contribution in [2.75, 3.05) is 13.7 Å². The van der Waals surface area contributed by atoms with Crippen LogP contribution in [0, 0.1) is 0 Å². The lowest BCUT2D eigenvalue weighted by Crippen LogP contribution is -2.47. The summed E-state index contributed by atoms with van der Waals surface area (Å²) in [4.78, 5) is 8.91. The molecule has 0 saturated heterocycles. The Morgan fingerprint density at radius 2 is 2.17 bits per heavy atom. The smallest absolute Gasteiger partial charge is 0.377 e. The monoisotopic (exact) mass is 538 g/mol. The van der Waals surface area contributed by atoms with Gasteiger partial charge < -0.3 is 15.4 Å². The molecular formula is C19H26F3IN6O. The number of aliphatic imine (C=N–C) groups is 1. The number of hydrogen-bond acceptors (Lipinski definition) is 4. The zero-order chi connectivity index (χ0) is 20.9. The molecule has 166 valence electrons. The van der Waals surface area contributed by atoms with Crippen LogP contribution in [0.4, 0.5) is 13.2 Å². The lowest BCUT2D eigenvalue weighted by molar-refractivity contribution is -0.137. The highest BCUT2D eigenvalue weighted by molar-refractivity contribution is 14.0. The molecule has 1 unspecified atom stereocenters. The van der Waals surface area contributed by atoms with Crippen LogP contribution >= 0.6 is 24.0 Å². The van der Waals surface area contributed by atoms with Crippen LogP contribution in [0.5, 0.6) is 0 Å². The number of hydrogen-bond donors (Lipinski definition) is 2. The van der Waals surface area contributed by atoms with Crippen molar-refractivity contribution in [3.63, 3.8) is 0 Å². The van der Waals surface area contributed by atoms with Crippen LogP contribution in [0.1, 0.15) is 36.1 Å². The number of aromatic nitrogens is 3. The molecule has 0 amide bonds. The van der Waals surface area contributed by atoms with Crippen molar-refractivity contribution in [2.45, 2.75) is 51.7 Å². The third kappa shape index (κ3) is 6.56. The predicted molar refractivity (Wildman–Crippen MR) is 118 cm³/mol. The summed E-state index contributed by atoms with van der Waals surface area (Å²) in [5.74, 6) is 2.16. The Morgan fingerprint density at radius 1 is 1.37 bits per heavy atom. The molecule has 3 rings (SSSR count). The summed E-state index contributed by atoms with van der Waals surface area (Å²) in [6, 6.07) is 5.33. The minimum atomic E-state index is -4.36. The summed E-state index contributed by atoms with van der Waals surface area (Å²) in [6.07, 6.45) is -2.72. The van der Waals surface area contributed by atoms with Crippen molar-refractivity contribution >= 4 is 29.9 Å². The number of benzene rings is 1. The van der Waals surface area contributed by atoms with E-state index in [0.717, 1.165) is 30.8 Å². The molecule has 2 N–H and O–H groups in total. The number of aryl methyl sites for hydroxylation is 1. The lowest BCUT2D eigenvalue weighted by atomic mass is 10.1. The molecular weight excluding hydrogens is 512 g/mol. The van der Waals surface area contributed by atoms with Crippen molar-refractivity contribution in [3.8, 4) is 0 Å². The van der Waals surface area contributed by atoms with Gasteiger partial charge in [0.2, 0.25) is 0 Å². The number of methoxy groups -OCH3 is 1. The van der Waals surface area contributed by atoms with Gasteiger partial charge in [-0.25, -0.2) is 14.7 Å². The first-order chi connectivity index (χ1) is 13.9.